The summed E-state index contributed by atoms with van der Waals surface area (Å²) in [6.07, 6.45) is 1.63. The maximum absolute atomic E-state index is 12.9. The van der Waals surface area contributed by atoms with Gasteiger partial charge in [0, 0.05) is 5.69 Å². The van der Waals surface area contributed by atoms with Crippen LogP contribution in [0.15, 0.2) is 24.3 Å². The molecule has 0 saturated heterocycles. The summed E-state index contributed by atoms with van der Waals surface area (Å²) in [6, 6.07) is 7.52. The number of rotatable bonds is 10. The number of hydrogen-bond donors (Lipinski definition) is 1. The Morgan fingerprint density at radius 3 is 2.10 bits per heavy atom. The summed E-state index contributed by atoms with van der Waals surface area (Å²) in [7, 11) is -1.48. The lowest BCUT2D eigenvalue weighted by Crippen LogP contribution is -2.23. The lowest BCUT2D eigenvalue weighted by Gasteiger charge is -2.26. The van der Waals surface area contributed by atoms with Gasteiger partial charge in [-0.25, -0.2) is 0 Å². The van der Waals surface area contributed by atoms with Gasteiger partial charge in [0.2, 0.25) is 0 Å². The van der Waals surface area contributed by atoms with E-state index in [2.05, 4.69) is 5.32 Å². The molecule has 0 amide bonds. The van der Waals surface area contributed by atoms with Gasteiger partial charge in [-0.2, -0.15) is 0 Å². The van der Waals surface area contributed by atoms with E-state index < -0.39 is 7.60 Å². The van der Waals surface area contributed by atoms with Crippen molar-refractivity contribution in [2.75, 3.05) is 25.6 Å². The van der Waals surface area contributed by atoms with Crippen molar-refractivity contribution in [3.8, 4) is 5.75 Å². The van der Waals surface area contributed by atoms with Crippen LogP contribution in [0.3, 0.4) is 0 Å². The minimum atomic E-state index is -3.11. The normalized spacial score (nSPS) is 12.9. The number of hydrogen-bond acceptors (Lipinski definition) is 5. The molecule has 0 fully saturated rings. The maximum atomic E-state index is 12.9. The molecule has 0 aliphatic rings. The SMILES string of the molecule is CCCOP(=O)(OCCC)[CH]([AlH2])Nc1ccc(OC)cc1. The third-order valence-corrected chi connectivity index (χ3v) is 7.24. The van der Waals surface area contributed by atoms with E-state index in [0.29, 0.717) is 29.5 Å². The quantitative estimate of drug-likeness (QED) is 0.528. The van der Waals surface area contributed by atoms with E-state index in [9.17, 15) is 4.57 Å². The molecule has 0 heterocycles. The largest absolute Gasteiger partial charge is 0.497 e. The lowest BCUT2D eigenvalue weighted by molar-refractivity contribution is 0.203. The molecule has 0 aliphatic heterocycles. The molecule has 0 aliphatic carbocycles. The molecule has 0 bridgehead atoms. The van der Waals surface area contributed by atoms with Gasteiger partial charge in [-0.3, -0.25) is 4.57 Å². The first-order valence-electron chi connectivity index (χ1n) is 7.35. The van der Waals surface area contributed by atoms with Crippen molar-refractivity contribution in [3.63, 3.8) is 0 Å². The first kappa shape index (κ1) is 18.6. The molecule has 1 aromatic carbocycles. The Kier molecular flexibility index (Phi) is 8.40. The minimum absolute atomic E-state index is 0.274. The molecular formula is C14H25AlNO4P. The zero-order valence-corrected chi connectivity index (χ0v) is 16.2. The van der Waals surface area contributed by atoms with Gasteiger partial charge in [-0.1, -0.05) is 13.8 Å². The van der Waals surface area contributed by atoms with Gasteiger partial charge in [-0.05, 0) is 37.1 Å². The molecule has 7 heteroatoms. The second-order valence-corrected chi connectivity index (χ2v) is 9.25. The smallest absolute Gasteiger partial charge is 0.337 e. The Balaban J connectivity index is 2.73. The Morgan fingerprint density at radius 2 is 1.67 bits per heavy atom. The van der Waals surface area contributed by atoms with Crippen LogP contribution < -0.4 is 10.1 Å². The topological polar surface area (TPSA) is 56.8 Å². The van der Waals surface area contributed by atoms with Crippen molar-refractivity contribution in [1.29, 1.82) is 0 Å². The van der Waals surface area contributed by atoms with Crippen LogP contribution in [0.1, 0.15) is 26.7 Å². The lowest BCUT2D eigenvalue weighted by atomic mass is 10.3. The molecule has 118 valence electrons. The second-order valence-electron chi connectivity index (χ2n) is 4.76. The molecule has 0 radical (unpaired) electrons. The molecule has 1 atom stereocenters. The Morgan fingerprint density at radius 1 is 1.14 bits per heavy atom. The van der Waals surface area contributed by atoms with Crippen LogP contribution in [0, 0.1) is 0 Å². The maximum Gasteiger partial charge on any atom is 0.337 e. The van der Waals surface area contributed by atoms with Crippen molar-refractivity contribution in [2.45, 2.75) is 31.3 Å². The van der Waals surface area contributed by atoms with Crippen LogP contribution in [0.2, 0.25) is 0 Å². The number of ether oxygens (including phenoxy) is 1. The van der Waals surface area contributed by atoms with Gasteiger partial charge in [0.25, 0.3) is 16.3 Å². The molecule has 1 N–H and O–H groups in total. The highest BCUT2D eigenvalue weighted by atomic mass is 31.2. The van der Waals surface area contributed by atoms with Crippen molar-refractivity contribution >= 4 is 29.6 Å². The molecule has 1 unspecified atom stereocenters. The summed E-state index contributed by atoms with van der Waals surface area (Å²) in [5.41, 5.74) is 0.885. The fourth-order valence-corrected chi connectivity index (χ4v) is 4.64. The highest BCUT2D eigenvalue weighted by Gasteiger charge is 2.31. The monoisotopic (exact) mass is 329 g/mol. The highest BCUT2D eigenvalue weighted by Crippen LogP contribution is 2.52. The van der Waals surface area contributed by atoms with Crippen molar-refractivity contribution in [2.24, 2.45) is 0 Å². The summed E-state index contributed by atoms with van der Waals surface area (Å²) in [6.45, 7) is 4.88. The molecule has 1 rings (SSSR count). The summed E-state index contributed by atoms with van der Waals surface area (Å²) >= 11 is 0.659. The van der Waals surface area contributed by atoms with Gasteiger partial charge in [-0.15, -0.1) is 0 Å². The van der Waals surface area contributed by atoms with Crippen LogP contribution in [0.25, 0.3) is 0 Å². The van der Waals surface area contributed by atoms with Crippen LogP contribution in [-0.2, 0) is 13.6 Å². The number of anilines is 1. The minimum Gasteiger partial charge on any atom is -0.497 e. The van der Waals surface area contributed by atoms with E-state index in [1.54, 1.807) is 7.11 Å². The van der Waals surface area contributed by atoms with E-state index >= 15 is 0 Å². The van der Waals surface area contributed by atoms with E-state index in [0.717, 1.165) is 24.3 Å². The van der Waals surface area contributed by atoms with Crippen LogP contribution in [0.4, 0.5) is 5.69 Å². The molecule has 0 saturated carbocycles. The van der Waals surface area contributed by atoms with E-state index in [4.69, 9.17) is 13.8 Å². The fraction of sp³-hybridized carbons (Fsp3) is 0.571. The third-order valence-electron chi connectivity index (χ3n) is 2.89. The zero-order valence-electron chi connectivity index (χ0n) is 13.3. The third kappa shape index (κ3) is 6.02. The number of methoxy groups -OCH3 is 1. The second kappa shape index (κ2) is 9.51. The standard InChI is InChI=1S/C14H23NO4P.Al.2H/c1-4-10-18-20(16,19-11-5-2)12-15-13-6-8-14(17-3)9-7-13;;;/h6-9,12,15H,4-5,10-11H2,1-3H3;;;. The van der Waals surface area contributed by atoms with Gasteiger partial charge < -0.3 is 19.1 Å². The number of nitrogens with one attached hydrogen (secondary N) is 1. The van der Waals surface area contributed by atoms with E-state index in [1.165, 1.54) is 0 Å². The average molecular weight is 329 g/mol. The molecule has 5 nitrogen and oxygen atoms in total. The summed E-state index contributed by atoms with van der Waals surface area (Å²) in [4.78, 5) is 0. The van der Waals surface area contributed by atoms with Gasteiger partial charge >= 0.3 is 7.60 Å². The van der Waals surface area contributed by atoms with Crippen LogP contribution in [0.5, 0.6) is 5.75 Å². The van der Waals surface area contributed by atoms with E-state index in [-0.39, 0.29) is 4.64 Å². The summed E-state index contributed by atoms with van der Waals surface area (Å²) in [5, 5.41) is 3.24. The molecule has 21 heavy (non-hydrogen) atoms. The van der Waals surface area contributed by atoms with Gasteiger partial charge in [0.05, 0.1) is 25.0 Å². The summed E-state index contributed by atoms with van der Waals surface area (Å²) < 4.78 is 28.8. The average Bonchev–Trinajstić information content (AvgIpc) is 2.51. The van der Waals surface area contributed by atoms with Crippen molar-refractivity contribution < 1.29 is 18.3 Å². The highest BCUT2D eigenvalue weighted by molar-refractivity contribution is 7.56. The molecule has 0 spiro atoms. The zero-order chi connectivity index (χ0) is 15.7. The Hall–Kier alpha value is -0.498. The van der Waals surface area contributed by atoms with Crippen LogP contribution in [-0.4, -0.2) is 41.3 Å². The van der Waals surface area contributed by atoms with E-state index in [1.807, 2.05) is 38.1 Å². The first-order valence-corrected chi connectivity index (χ1v) is 10.1. The Labute approximate surface area is 135 Å². The van der Waals surface area contributed by atoms with Crippen molar-refractivity contribution in [3.05, 3.63) is 24.3 Å². The van der Waals surface area contributed by atoms with Gasteiger partial charge in [0.15, 0.2) is 0 Å². The van der Waals surface area contributed by atoms with Gasteiger partial charge in [0.1, 0.15) is 5.75 Å². The summed E-state index contributed by atoms with van der Waals surface area (Å²) in [5.74, 6) is 0.790. The predicted octanol–water partition coefficient (Wildman–Crippen LogP) is 3.07. The predicted molar refractivity (Wildman–Crippen MR) is 89.0 cm³/mol. The fourth-order valence-electron chi connectivity index (χ4n) is 1.71. The molecular weight excluding hydrogens is 304 g/mol. The Bertz CT molecular complexity index is 443. The van der Waals surface area contributed by atoms with Crippen molar-refractivity contribution in [1.82, 2.24) is 0 Å². The molecule has 0 aromatic heterocycles. The first-order chi connectivity index (χ1) is 10.1. The number of benzene rings is 1. The van der Waals surface area contributed by atoms with Crippen LogP contribution >= 0.6 is 7.60 Å². The molecule has 1 aromatic rings.